The molecule has 24 rings (SSSR count). The van der Waals surface area contributed by atoms with Crippen molar-refractivity contribution in [3.8, 4) is 46.3 Å². The molecule has 8 aromatic carbocycles. The SMILES string of the molecule is Cc1ccc2nnn(-c3nc(N4CCN(c5ccc(O)cc5)CC4)nc4c3ncn4CC(=O)O)c2c1.Cc1cccc2c1nnn2-c1nc(N2CCN(c3ccc(O)cc3)CC2)nc2c1ncn2CC(=O)O.Cc1nc2ccccc2n1-c1nc(N2CCN(c3ccc(O)cc3)CC2)nc2c1ncn2CC(=O)O.O=C(O)Cn1cnc2c(-n3c(CO)nc4ccccc43)nc(N3CCN(c4ccc(O)cc4)CC3)nc21. The molecule has 0 radical (unpaired) electrons. The number of imidazole rings is 6. The molecule has 0 amide bonds. The fourth-order valence-corrected chi connectivity index (χ4v) is 18.5. The van der Waals surface area contributed by atoms with Gasteiger partial charge in [0.2, 0.25) is 23.8 Å². The van der Waals surface area contributed by atoms with E-state index >= 15 is 0 Å². The summed E-state index contributed by atoms with van der Waals surface area (Å²) in [7, 11) is 0. The number of carboxylic acids is 4. The Kier molecular flexibility index (Phi) is 24.9. The maximum absolute atomic E-state index is 11.5. The Morgan fingerprint density at radius 3 is 0.986 bits per heavy atom. The van der Waals surface area contributed by atoms with Crippen LogP contribution in [0.15, 0.2) is 207 Å². The number of aryl methyl sites for hydroxylation is 3. The van der Waals surface area contributed by atoms with Crippen molar-refractivity contribution < 1.29 is 65.1 Å². The van der Waals surface area contributed by atoms with Gasteiger partial charge in [-0.3, -0.25) is 28.3 Å². The third-order valence-corrected chi connectivity index (χ3v) is 25.7. The largest absolute Gasteiger partial charge is 0.508 e. The zero-order valence-corrected chi connectivity index (χ0v) is 78.3. The molecule has 4 saturated heterocycles. The van der Waals surface area contributed by atoms with Crippen molar-refractivity contribution in [3.63, 3.8) is 0 Å². The minimum absolute atomic E-state index is 0.226. The van der Waals surface area contributed by atoms with Crippen LogP contribution in [0, 0.1) is 20.8 Å². The van der Waals surface area contributed by atoms with E-state index in [0.717, 1.165) is 118 Å². The average Bonchev–Trinajstić information content (AvgIpc) is 1.61. The number of carboxylic acid groups (broad SMARTS) is 4. The van der Waals surface area contributed by atoms with Crippen LogP contribution in [-0.2, 0) is 52.0 Å². The van der Waals surface area contributed by atoms with E-state index in [1.807, 2.05) is 159 Å². The van der Waals surface area contributed by atoms with Crippen molar-refractivity contribution in [1.82, 2.24) is 127 Å². The molecule has 47 nitrogen and oxygen atoms in total. The van der Waals surface area contributed by atoms with Gasteiger partial charge in [-0.05, 0) is 171 Å². The number of phenols is 4. The highest BCUT2D eigenvalue weighted by Crippen LogP contribution is 2.36. The second-order valence-corrected chi connectivity index (χ2v) is 35.0. The summed E-state index contributed by atoms with van der Waals surface area (Å²) < 4.78 is 13.0. The van der Waals surface area contributed by atoms with Crippen LogP contribution in [0.4, 0.5) is 46.5 Å². The summed E-state index contributed by atoms with van der Waals surface area (Å²) in [4.78, 5) is 129. The van der Waals surface area contributed by atoms with E-state index < -0.39 is 23.9 Å². The van der Waals surface area contributed by atoms with Gasteiger partial charge in [0.1, 0.15) is 78.5 Å². The van der Waals surface area contributed by atoms with Crippen molar-refractivity contribution in [2.75, 3.05) is 144 Å². The maximum Gasteiger partial charge on any atom is 0.323 e. The Balaban J connectivity index is 0.000000114. The number of carbonyl (C=O) groups is 4. The number of aliphatic hydroxyl groups excluding tert-OH is 1. The number of aliphatic carboxylic acids is 4. The number of fused-ring (bicyclic) bond motifs is 8. The molecule has 0 spiro atoms. The van der Waals surface area contributed by atoms with E-state index in [9.17, 15) is 65.1 Å². The molecule has 0 saturated carbocycles. The summed E-state index contributed by atoms with van der Waals surface area (Å²) >= 11 is 0. The van der Waals surface area contributed by atoms with Crippen LogP contribution in [0.25, 0.3) is 112 Å². The third-order valence-electron chi connectivity index (χ3n) is 25.7. The lowest BCUT2D eigenvalue weighted by molar-refractivity contribution is -0.138. The summed E-state index contributed by atoms with van der Waals surface area (Å²) in [5.41, 5.74) is 16.0. The number of aromatic nitrogens is 26. The molecule has 20 aromatic rings. The smallest absolute Gasteiger partial charge is 0.323 e. The standard InChI is InChI=1S/C25H24N8O4.C25H24N8O3.2C24H23N9O3/c34-14-20-27-18-3-1-2-4-19(18)33(20)24-22-23(32(15-26-22)13-21(36)37)28-25(29-24)31-11-9-30(10-12-31)16-5-7-17(35)8-6-16;1-16-27-19-4-2-3-5-20(19)33(16)24-22-23(32(15-26-22)14-21(35)36)28-25(29-24)31-12-10-30(11-13-31)17-6-8-18(34)9-7-17;1-15-2-7-18-19(12-15)33(29-28-18)23-21-22(32(14-25-21)13-20(35)36)26-24(27-23)31-10-8-30(9-11-31)16-3-5-17(34)6-4-16;1-15-3-2-4-18-20(15)28-29-33(18)23-21-22(32(14-25-21)13-19(35)36)26-24(27-23)31-11-9-30(10-12-31)16-5-7-17(34)8-6-16/h1-8,15,34-35H,9-14H2,(H,36,37);2-9,15,34H,10-14H2,1H3,(H,35,36);2-7,12,14,34H,8-11,13H2,1H3,(H,35,36);2-8,14,34H,9-13H2,1H3,(H,35,36). The number of aromatic hydroxyl groups is 4. The lowest BCUT2D eigenvalue weighted by Crippen LogP contribution is -2.47. The molecular formula is C98H94N34O13. The van der Waals surface area contributed by atoms with Gasteiger partial charge in [0.15, 0.2) is 67.9 Å². The molecule has 16 heterocycles. The summed E-state index contributed by atoms with van der Waals surface area (Å²) in [5.74, 6) is 1.99. The van der Waals surface area contributed by atoms with Crippen molar-refractivity contribution in [1.29, 1.82) is 0 Å². The molecule has 12 aromatic heterocycles. The molecule has 145 heavy (non-hydrogen) atoms. The van der Waals surface area contributed by atoms with Crippen LogP contribution in [0.1, 0.15) is 22.8 Å². The van der Waals surface area contributed by atoms with Gasteiger partial charge in [0.05, 0.1) is 58.4 Å². The Labute approximate surface area is 821 Å². The predicted molar refractivity (Wildman–Crippen MR) is 536 cm³/mol. The number of benzene rings is 8. The number of anilines is 8. The number of nitrogens with zero attached hydrogens (tertiary/aromatic N) is 34. The van der Waals surface area contributed by atoms with Crippen LogP contribution in [-0.4, -0.2) is 302 Å². The molecule has 4 aliphatic heterocycles. The van der Waals surface area contributed by atoms with Crippen LogP contribution >= 0.6 is 0 Å². The van der Waals surface area contributed by atoms with Gasteiger partial charge in [-0.15, -0.1) is 10.2 Å². The number of hydrogen-bond donors (Lipinski definition) is 9. The highest BCUT2D eigenvalue weighted by Gasteiger charge is 2.33. The van der Waals surface area contributed by atoms with Gasteiger partial charge in [-0.1, -0.05) is 52.9 Å². The maximum atomic E-state index is 11.5. The van der Waals surface area contributed by atoms with Crippen LogP contribution < -0.4 is 39.2 Å². The minimum Gasteiger partial charge on any atom is -0.508 e. The normalized spacial score (nSPS) is 14.1. The predicted octanol–water partition coefficient (Wildman–Crippen LogP) is 8.34. The topological polar surface area (TPSA) is 548 Å². The van der Waals surface area contributed by atoms with Crippen molar-refractivity contribution in [3.05, 3.63) is 230 Å². The highest BCUT2D eigenvalue weighted by molar-refractivity contribution is 5.91. The van der Waals surface area contributed by atoms with E-state index in [2.05, 4.69) is 89.7 Å². The van der Waals surface area contributed by atoms with Crippen molar-refractivity contribution >= 4 is 159 Å². The molecule has 9 N–H and O–H groups in total. The number of hydrogen-bond acceptors (Lipinski definition) is 35. The summed E-state index contributed by atoms with van der Waals surface area (Å²) in [6, 6.07) is 55.6. The zero-order valence-electron chi connectivity index (χ0n) is 78.3. The fraction of sp³-hybridized carbons (Fsp3) is 0.245. The molecule has 734 valence electrons. The first-order chi connectivity index (χ1) is 70.4. The van der Waals surface area contributed by atoms with E-state index in [1.165, 1.54) is 43.6 Å². The van der Waals surface area contributed by atoms with E-state index in [-0.39, 0.29) is 55.8 Å². The monoisotopic (exact) mass is 1950 g/mol. The van der Waals surface area contributed by atoms with Gasteiger partial charge in [0.25, 0.3) is 0 Å². The number of aliphatic hydroxyl groups is 1. The van der Waals surface area contributed by atoms with Gasteiger partial charge in [-0.25, -0.2) is 29.9 Å². The first kappa shape index (κ1) is 92.5. The van der Waals surface area contributed by atoms with Crippen LogP contribution in [0.2, 0.25) is 0 Å². The lowest BCUT2D eigenvalue weighted by Gasteiger charge is -2.36. The number of phenolic OH excluding ortho intramolecular Hbond substituents is 4. The second-order valence-electron chi connectivity index (χ2n) is 35.0. The Morgan fingerprint density at radius 2 is 0.614 bits per heavy atom. The summed E-state index contributed by atoms with van der Waals surface area (Å²) in [6.45, 7) is 15.7. The molecule has 0 atom stereocenters. The van der Waals surface area contributed by atoms with Crippen LogP contribution in [0.5, 0.6) is 23.0 Å². The van der Waals surface area contributed by atoms with E-state index in [1.54, 1.807) is 62.5 Å². The minimum atomic E-state index is -1.01. The number of rotatable bonds is 21. The van der Waals surface area contributed by atoms with Gasteiger partial charge in [0, 0.05) is 127 Å². The molecule has 0 bridgehead atoms. The summed E-state index contributed by atoms with van der Waals surface area (Å²) in [5, 5.41) is 103. The Bertz CT molecular complexity index is 8110. The van der Waals surface area contributed by atoms with Crippen LogP contribution in [0.3, 0.4) is 0 Å². The second kappa shape index (κ2) is 39.1. The first-order valence-corrected chi connectivity index (χ1v) is 46.5. The highest BCUT2D eigenvalue weighted by atomic mass is 16.4. The average molecular weight is 1960 g/mol. The quantitative estimate of drug-likeness (QED) is 0.0326. The zero-order chi connectivity index (χ0) is 100.0. The fourth-order valence-electron chi connectivity index (χ4n) is 18.5. The van der Waals surface area contributed by atoms with E-state index in [4.69, 9.17) is 39.9 Å². The van der Waals surface area contributed by atoms with Gasteiger partial charge < -0.3 is 103 Å². The number of piperazine rings is 4. The first-order valence-electron chi connectivity index (χ1n) is 46.5. The Morgan fingerprint density at radius 1 is 0.297 bits per heavy atom. The summed E-state index contributed by atoms with van der Waals surface area (Å²) in [6.07, 6.45) is 5.88. The number of para-hydroxylation sites is 4. The van der Waals surface area contributed by atoms with Crippen molar-refractivity contribution in [2.24, 2.45) is 0 Å². The third kappa shape index (κ3) is 18.7. The molecule has 0 aliphatic carbocycles. The molecule has 4 aliphatic rings. The molecule has 0 unspecified atom stereocenters. The van der Waals surface area contributed by atoms with Gasteiger partial charge in [-0.2, -0.15) is 49.2 Å². The van der Waals surface area contributed by atoms with Crippen molar-refractivity contribution in [2.45, 2.75) is 53.6 Å². The molecule has 47 heteroatoms. The lowest BCUT2D eigenvalue weighted by atomic mass is 10.2. The Hall–Kier alpha value is -18.9. The van der Waals surface area contributed by atoms with Gasteiger partial charge >= 0.3 is 23.9 Å². The molecular weight excluding hydrogens is 1860 g/mol. The van der Waals surface area contributed by atoms with E-state index in [0.29, 0.717) is 169 Å². The molecule has 4 fully saturated rings.